The summed E-state index contributed by atoms with van der Waals surface area (Å²) >= 11 is 3.56. The number of ether oxygens (including phenoxy) is 1. The van der Waals surface area contributed by atoms with Crippen LogP contribution in [-0.4, -0.2) is 49.4 Å². The average molecular weight is 343 g/mol. The Morgan fingerprint density at radius 2 is 2.15 bits per heavy atom. The molecule has 1 aliphatic heterocycles. The Hall–Kier alpha value is -0.620. The van der Waals surface area contributed by atoms with Gasteiger partial charge >= 0.3 is 0 Å². The van der Waals surface area contributed by atoms with E-state index in [0.717, 1.165) is 55.0 Å². The van der Waals surface area contributed by atoms with E-state index < -0.39 is 0 Å². The maximum atomic E-state index is 9.72. The van der Waals surface area contributed by atoms with E-state index in [9.17, 15) is 5.11 Å². The van der Waals surface area contributed by atoms with Crippen molar-refractivity contribution in [3.8, 4) is 5.75 Å². The van der Waals surface area contributed by atoms with Crippen LogP contribution < -0.4 is 10.1 Å². The Balaban J connectivity index is 2.11. The lowest BCUT2D eigenvalue weighted by molar-refractivity contribution is 0.110. The van der Waals surface area contributed by atoms with Crippen LogP contribution >= 0.6 is 15.9 Å². The highest BCUT2D eigenvalue weighted by Crippen LogP contribution is 2.30. The summed E-state index contributed by atoms with van der Waals surface area (Å²) in [4.78, 5) is 2.32. The number of nitrogens with one attached hydrogen (secondary N) is 1. The van der Waals surface area contributed by atoms with Crippen LogP contribution in [0, 0.1) is 0 Å². The Bertz CT molecular complexity index is 422. The molecule has 1 saturated heterocycles. The summed E-state index contributed by atoms with van der Waals surface area (Å²) in [6.07, 6.45) is 0.994. The van der Waals surface area contributed by atoms with Gasteiger partial charge < -0.3 is 15.2 Å². The first-order valence-electron chi connectivity index (χ1n) is 7.24. The standard InChI is InChI=1S/C15H23BrN2O2/c1-2-9-20-15-4-3-12(10-13(15)16)14(11-19)18-7-5-17-6-8-18/h3-4,10,14,17,19H,2,5-9,11H2,1H3. The number of rotatable bonds is 6. The molecule has 112 valence electrons. The van der Waals surface area contributed by atoms with Crippen LogP contribution in [0.25, 0.3) is 0 Å². The predicted octanol–water partition coefficient (Wildman–Crippen LogP) is 2.18. The van der Waals surface area contributed by atoms with Gasteiger partial charge in [0.15, 0.2) is 0 Å². The van der Waals surface area contributed by atoms with Crippen LogP contribution in [-0.2, 0) is 0 Å². The van der Waals surface area contributed by atoms with E-state index in [1.165, 1.54) is 0 Å². The van der Waals surface area contributed by atoms with Gasteiger partial charge in [-0.15, -0.1) is 0 Å². The highest BCUT2D eigenvalue weighted by atomic mass is 79.9. The monoisotopic (exact) mass is 342 g/mol. The first-order chi connectivity index (χ1) is 9.76. The van der Waals surface area contributed by atoms with Gasteiger partial charge in [0.05, 0.1) is 23.7 Å². The van der Waals surface area contributed by atoms with Gasteiger partial charge in [0.2, 0.25) is 0 Å². The number of hydrogen-bond acceptors (Lipinski definition) is 4. The lowest BCUT2D eigenvalue weighted by Crippen LogP contribution is -2.46. The number of aliphatic hydroxyl groups excluding tert-OH is 1. The molecule has 20 heavy (non-hydrogen) atoms. The second kappa shape index (κ2) is 7.98. The van der Waals surface area contributed by atoms with Crippen molar-refractivity contribution in [1.29, 1.82) is 0 Å². The van der Waals surface area contributed by atoms with Crippen LogP contribution in [0.15, 0.2) is 22.7 Å². The second-order valence-electron chi connectivity index (χ2n) is 5.02. The molecule has 1 fully saturated rings. The molecule has 1 aromatic carbocycles. The van der Waals surface area contributed by atoms with E-state index in [1.807, 2.05) is 6.07 Å². The largest absolute Gasteiger partial charge is 0.492 e. The summed E-state index contributed by atoms with van der Waals surface area (Å²) in [6, 6.07) is 6.17. The number of benzene rings is 1. The lowest BCUT2D eigenvalue weighted by Gasteiger charge is -2.34. The molecule has 0 radical (unpaired) electrons. The molecule has 0 spiro atoms. The number of piperazine rings is 1. The first-order valence-corrected chi connectivity index (χ1v) is 8.03. The molecule has 1 aromatic rings. The SMILES string of the molecule is CCCOc1ccc(C(CO)N2CCNCC2)cc1Br. The maximum Gasteiger partial charge on any atom is 0.133 e. The number of aliphatic hydroxyl groups is 1. The molecule has 4 nitrogen and oxygen atoms in total. The molecule has 2 N–H and O–H groups in total. The zero-order valence-electron chi connectivity index (χ0n) is 11.9. The second-order valence-corrected chi connectivity index (χ2v) is 5.88. The van der Waals surface area contributed by atoms with Crippen LogP contribution in [0.1, 0.15) is 24.9 Å². The Morgan fingerprint density at radius 1 is 1.40 bits per heavy atom. The summed E-state index contributed by atoms with van der Waals surface area (Å²) in [5.74, 6) is 0.868. The topological polar surface area (TPSA) is 44.7 Å². The van der Waals surface area contributed by atoms with E-state index >= 15 is 0 Å². The van der Waals surface area contributed by atoms with Crippen LogP contribution in [0.3, 0.4) is 0 Å². The fourth-order valence-electron chi connectivity index (χ4n) is 2.48. The first kappa shape index (κ1) is 15.8. The third kappa shape index (κ3) is 3.95. The highest BCUT2D eigenvalue weighted by Gasteiger charge is 2.22. The van der Waals surface area contributed by atoms with Gasteiger partial charge in [-0.25, -0.2) is 0 Å². The molecule has 0 aliphatic carbocycles. The quantitative estimate of drug-likeness (QED) is 0.831. The van der Waals surface area contributed by atoms with E-state index in [2.05, 4.69) is 45.2 Å². The van der Waals surface area contributed by atoms with Gasteiger partial charge in [-0.1, -0.05) is 13.0 Å². The number of halogens is 1. The number of nitrogens with zero attached hydrogens (tertiary/aromatic N) is 1. The zero-order valence-corrected chi connectivity index (χ0v) is 13.5. The summed E-state index contributed by atoms with van der Waals surface area (Å²) in [5.41, 5.74) is 1.13. The number of hydrogen-bond donors (Lipinski definition) is 2. The average Bonchev–Trinajstić information content (AvgIpc) is 2.48. The molecule has 1 aliphatic rings. The van der Waals surface area contributed by atoms with Gasteiger partial charge in [-0.3, -0.25) is 4.90 Å². The van der Waals surface area contributed by atoms with Gasteiger partial charge in [-0.2, -0.15) is 0 Å². The van der Waals surface area contributed by atoms with Gasteiger partial charge in [0, 0.05) is 26.2 Å². The van der Waals surface area contributed by atoms with Crippen molar-refractivity contribution in [2.24, 2.45) is 0 Å². The van der Waals surface area contributed by atoms with E-state index in [4.69, 9.17) is 4.74 Å². The minimum absolute atomic E-state index is 0.0635. The van der Waals surface area contributed by atoms with Gasteiger partial charge in [-0.05, 0) is 40.0 Å². The minimum atomic E-state index is 0.0635. The van der Waals surface area contributed by atoms with Crippen LogP contribution in [0.4, 0.5) is 0 Å². The van der Waals surface area contributed by atoms with Crippen molar-refractivity contribution in [1.82, 2.24) is 10.2 Å². The van der Waals surface area contributed by atoms with E-state index in [0.29, 0.717) is 0 Å². The summed E-state index contributed by atoms with van der Waals surface area (Å²) in [6.45, 7) is 6.85. The van der Waals surface area contributed by atoms with Crippen molar-refractivity contribution < 1.29 is 9.84 Å². The van der Waals surface area contributed by atoms with Crippen LogP contribution in [0.2, 0.25) is 0 Å². The molecule has 0 amide bonds. The van der Waals surface area contributed by atoms with Crippen molar-refractivity contribution >= 4 is 15.9 Å². The molecule has 1 unspecified atom stereocenters. The van der Waals surface area contributed by atoms with Gasteiger partial charge in [0.1, 0.15) is 5.75 Å². The van der Waals surface area contributed by atoms with Crippen LogP contribution in [0.5, 0.6) is 5.75 Å². The maximum absolute atomic E-state index is 9.72. The molecule has 1 atom stereocenters. The smallest absolute Gasteiger partial charge is 0.133 e. The molecular formula is C15H23BrN2O2. The molecule has 1 heterocycles. The zero-order chi connectivity index (χ0) is 14.4. The highest BCUT2D eigenvalue weighted by molar-refractivity contribution is 9.10. The summed E-state index contributed by atoms with van der Waals surface area (Å²) in [7, 11) is 0. The normalized spacial score (nSPS) is 17.9. The van der Waals surface area contributed by atoms with Crippen molar-refractivity contribution in [3.63, 3.8) is 0 Å². The summed E-state index contributed by atoms with van der Waals surface area (Å²) in [5, 5.41) is 13.1. The lowest BCUT2D eigenvalue weighted by atomic mass is 10.1. The minimum Gasteiger partial charge on any atom is -0.492 e. The summed E-state index contributed by atoms with van der Waals surface area (Å²) < 4.78 is 6.62. The van der Waals surface area contributed by atoms with Gasteiger partial charge in [0.25, 0.3) is 0 Å². The van der Waals surface area contributed by atoms with Crippen molar-refractivity contribution in [3.05, 3.63) is 28.2 Å². The Labute approximate surface area is 129 Å². The third-order valence-electron chi connectivity index (χ3n) is 3.57. The van der Waals surface area contributed by atoms with Crippen molar-refractivity contribution in [2.75, 3.05) is 39.4 Å². The Kier molecular flexibility index (Phi) is 6.29. The molecule has 0 saturated carbocycles. The fourth-order valence-corrected chi connectivity index (χ4v) is 2.99. The van der Waals surface area contributed by atoms with E-state index in [-0.39, 0.29) is 12.6 Å². The molecular weight excluding hydrogens is 320 g/mol. The fraction of sp³-hybridized carbons (Fsp3) is 0.600. The Morgan fingerprint density at radius 3 is 2.75 bits per heavy atom. The molecule has 0 aromatic heterocycles. The third-order valence-corrected chi connectivity index (χ3v) is 4.19. The van der Waals surface area contributed by atoms with Crippen molar-refractivity contribution in [2.45, 2.75) is 19.4 Å². The molecule has 2 rings (SSSR count). The molecule has 5 heteroatoms. The predicted molar refractivity (Wildman–Crippen MR) is 84.2 cm³/mol. The molecule has 0 bridgehead atoms. The van der Waals surface area contributed by atoms with E-state index in [1.54, 1.807) is 0 Å².